The molecule has 1 saturated carbocycles. The van der Waals surface area contributed by atoms with Gasteiger partial charge in [-0.15, -0.1) is 0 Å². The molecule has 19 heavy (non-hydrogen) atoms. The van der Waals surface area contributed by atoms with E-state index >= 15 is 0 Å². The minimum Gasteiger partial charge on any atom is -0.462 e. The number of hydrogen-bond donors (Lipinski definition) is 1. The summed E-state index contributed by atoms with van der Waals surface area (Å²) in [6.45, 7) is 6.25. The second kappa shape index (κ2) is 7.25. The van der Waals surface area contributed by atoms with Crippen molar-refractivity contribution in [3.8, 4) is 0 Å². The number of ether oxygens (including phenoxy) is 2. The standard InChI is InChI=1S/C15H27NO3/c1-3-11-6-5-7-12(8-11)19-15(17)13-9-18-10-14(13)16-4-2/h11-14,16H,3-10H2,1-2H3. The van der Waals surface area contributed by atoms with Crippen LogP contribution >= 0.6 is 0 Å². The smallest absolute Gasteiger partial charge is 0.313 e. The molecule has 0 amide bonds. The topological polar surface area (TPSA) is 47.6 Å². The quantitative estimate of drug-likeness (QED) is 0.777. The summed E-state index contributed by atoms with van der Waals surface area (Å²) in [5, 5.41) is 3.31. The summed E-state index contributed by atoms with van der Waals surface area (Å²) < 4.78 is 11.1. The van der Waals surface area contributed by atoms with E-state index in [4.69, 9.17) is 9.47 Å². The average Bonchev–Trinajstić information content (AvgIpc) is 2.88. The summed E-state index contributed by atoms with van der Waals surface area (Å²) in [4.78, 5) is 12.3. The SMILES string of the molecule is CCNC1COCC1C(=O)OC1CCCC(CC)C1. The Bertz CT molecular complexity index is 295. The van der Waals surface area contributed by atoms with E-state index in [0.717, 1.165) is 25.3 Å². The van der Waals surface area contributed by atoms with Crippen LogP contribution in [0.5, 0.6) is 0 Å². The first-order valence-electron chi connectivity index (χ1n) is 7.76. The van der Waals surface area contributed by atoms with Crippen LogP contribution in [0.25, 0.3) is 0 Å². The number of hydrogen-bond acceptors (Lipinski definition) is 4. The van der Waals surface area contributed by atoms with Crippen LogP contribution in [0.2, 0.25) is 0 Å². The van der Waals surface area contributed by atoms with Crippen LogP contribution in [0, 0.1) is 11.8 Å². The molecule has 1 saturated heterocycles. The molecule has 4 unspecified atom stereocenters. The second-order valence-electron chi connectivity index (χ2n) is 5.81. The highest BCUT2D eigenvalue weighted by Gasteiger charge is 2.36. The molecule has 4 heteroatoms. The molecule has 2 fully saturated rings. The molecular formula is C15H27NO3. The lowest BCUT2D eigenvalue weighted by Gasteiger charge is -2.29. The van der Waals surface area contributed by atoms with Crippen LogP contribution in [-0.4, -0.2) is 37.9 Å². The van der Waals surface area contributed by atoms with Gasteiger partial charge in [-0.2, -0.15) is 0 Å². The van der Waals surface area contributed by atoms with Gasteiger partial charge in [-0.05, 0) is 31.7 Å². The van der Waals surface area contributed by atoms with Crippen molar-refractivity contribution in [2.45, 2.75) is 58.1 Å². The number of rotatable bonds is 5. The number of nitrogens with one attached hydrogen (secondary N) is 1. The highest BCUT2D eigenvalue weighted by Crippen LogP contribution is 2.29. The van der Waals surface area contributed by atoms with Crippen LogP contribution in [0.4, 0.5) is 0 Å². The predicted octanol–water partition coefficient (Wildman–Crippen LogP) is 2.12. The van der Waals surface area contributed by atoms with Gasteiger partial charge in [0.25, 0.3) is 0 Å². The lowest BCUT2D eigenvalue weighted by Crippen LogP contribution is -2.41. The van der Waals surface area contributed by atoms with Crippen molar-refractivity contribution in [2.75, 3.05) is 19.8 Å². The molecule has 1 N–H and O–H groups in total. The molecule has 1 aliphatic heterocycles. The van der Waals surface area contributed by atoms with Crippen molar-refractivity contribution in [3.05, 3.63) is 0 Å². The molecule has 0 bridgehead atoms. The number of likely N-dealkylation sites (N-methyl/N-ethyl adjacent to an activating group) is 1. The Hall–Kier alpha value is -0.610. The van der Waals surface area contributed by atoms with Gasteiger partial charge in [-0.25, -0.2) is 0 Å². The average molecular weight is 269 g/mol. The zero-order valence-corrected chi connectivity index (χ0v) is 12.2. The van der Waals surface area contributed by atoms with E-state index in [1.807, 2.05) is 6.92 Å². The van der Waals surface area contributed by atoms with E-state index in [1.54, 1.807) is 0 Å². The third-order valence-electron chi connectivity index (χ3n) is 4.44. The third-order valence-corrected chi connectivity index (χ3v) is 4.44. The van der Waals surface area contributed by atoms with Crippen LogP contribution in [0.1, 0.15) is 46.0 Å². The minimum atomic E-state index is -0.123. The molecule has 2 aliphatic rings. The largest absolute Gasteiger partial charge is 0.462 e. The van der Waals surface area contributed by atoms with E-state index in [1.165, 1.54) is 19.3 Å². The van der Waals surface area contributed by atoms with Crippen LogP contribution in [0.15, 0.2) is 0 Å². The zero-order chi connectivity index (χ0) is 13.7. The van der Waals surface area contributed by atoms with Gasteiger partial charge in [0.1, 0.15) is 6.10 Å². The van der Waals surface area contributed by atoms with Crippen molar-refractivity contribution in [3.63, 3.8) is 0 Å². The molecule has 0 aromatic heterocycles. The normalized spacial score (nSPS) is 35.3. The fraction of sp³-hybridized carbons (Fsp3) is 0.933. The maximum Gasteiger partial charge on any atom is 0.313 e. The van der Waals surface area contributed by atoms with Crippen LogP contribution in [-0.2, 0) is 14.3 Å². The Morgan fingerprint density at radius 3 is 2.89 bits per heavy atom. The predicted molar refractivity (Wildman–Crippen MR) is 73.9 cm³/mol. The first-order chi connectivity index (χ1) is 9.24. The minimum absolute atomic E-state index is 0.0646. The summed E-state index contributed by atoms with van der Waals surface area (Å²) in [7, 11) is 0. The van der Waals surface area contributed by atoms with Gasteiger partial charge in [0, 0.05) is 6.04 Å². The van der Waals surface area contributed by atoms with Gasteiger partial charge in [-0.1, -0.05) is 26.7 Å². The molecule has 1 aliphatic carbocycles. The Labute approximate surface area is 116 Å². The van der Waals surface area contributed by atoms with E-state index in [0.29, 0.717) is 13.2 Å². The highest BCUT2D eigenvalue weighted by molar-refractivity contribution is 5.74. The first kappa shape index (κ1) is 14.8. The zero-order valence-electron chi connectivity index (χ0n) is 12.2. The van der Waals surface area contributed by atoms with Crippen molar-refractivity contribution in [2.24, 2.45) is 11.8 Å². The molecule has 2 rings (SSSR count). The van der Waals surface area contributed by atoms with Crippen molar-refractivity contribution >= 4 is 5.97 Å². The van der Waals surface area contributed by atoms with E-state index in [9.17, 15) is 4.79 Å². The third kappa shape index (κ3) is 3.93. The lowest BCUT2D eigenvalue weighted by molar-refractivity contribution is -0.156. The van der Waals surface area contributed by atoms with Crippen LogP contribution in [0.3, 0.4) is 0 Å². The van der Waals surface area contributed by atoms with Gasteiger partial charge in [0.15, 0.2) is 0 Å². The maximum absolute atomic E-state index is 12.3. The van der Waals surface area contributed by atoms with E-state index in [-0.39, 0.29) is 24.0 Å². The summed E-state index contributed by atoms with van der Waals surface area (Å²) >= 11 is 0. The van der Waals surface area contributed by atoms with Crippen molar-refractivity contribution < 1.29 is 14.3 Å². The molecular weight excluding hydrogens is 242 g/mol. The molecule has 0 radical (unpaired) electrons. The Morgan fingerprint density at radius 2 is 2.16 bits per heavy atom. The molecule has 110 valence electrons. The number of esters is 1. The van der Waals surface area contributed by atoms with Crippen LogP contribution < -0.4 is 5.32 Å². The van der Waals surface area contributed by atoms with Gasteiger partial charge in [-0.3, -0.25) is 4.79 Å². The van der Waals surface area contributed by atoms with Gasteiger partial charge in [0.05, 0.1) is 19.1 Å². The molecule has 4 atom stereocenters. The molecule has 0 aromatic carbocycles. The molecule has 4 nitrogen and oxygen atoms in total. The summed E-state index contributed by atoms with van der Waals surface area (Å²) in [6.07, 6.45) is 5.88. The number of carbonyl (C=O) groups is 1. The summed E-state index contributed by atoms with van der Waals surface area (Å²) in [5.74, 6) is 0.545. The molecule has 1 heterocycles. The second-order valence-corrected chi connectivity index (χ2v) is 5.81. The highest BCUT2D eigenvalue weighted by atomic mass is 16.5. The maximum atomic E-state index is 12.3. The van der Waals surface area contributed by atoms with Gasteiger partial charge in [0.2, 0.25) is 0 Å². The summed E-state index contributed by atoms with van der Waals surface area (Å²) in [6, 6.07) is 0.128. The Balaban J connectivity index is 1.82. The number of carbonyl (C=O) groups excluding carboxylic acids is 1. The summed E-state index contributed by atoms with van der Waals surface area (Å²) in [5.41, 5.74) is 0. The van der Waals surface area contributed by atoms with Crippen molar-refractivity contribution in [1.82, 2.24) is 5.32 Å². The monoisotopic (exact) mass is 269 g/mol. The molecule has 0 spiro atoms. The van der Waals surface area contributed by atoms with Gasteiger partial charge >= 0.3 is 5.97 Å². The fourth-order valence-corrected chi connectivity index (χ4v) is 3.22. The Morgan fingerprint density at radius 1 is 1.32 bits per heavy atom. The lowest BCUT2D eigenvalue weighted by atomic mass is 9.85. The van der Waals surface area contributed by atoms with E-state index in [2.05, 4.69) is 12.2 Å². The Kier molecular flexibility index (Phi) is 5.64. The fourth-order valence-electron chi connectivity index (χ4n) is 3.22. The van der Waals surface area contributed by atoms with Gasteiger partial charge < -0.3 is 14.8 Å². The van der Waals surface area contributed by atoms with Crippen molar-refractivity contribution in [1.29, 1.82) is 0 Å². The first-order valence-corrected chi connectivity index (χ1v) is 7.76. The molecule has 0 aromatic rings. The van der Waals surface area contributed by atoms with E-state index < -0.39 is 0 Å².